The molecular formula is C27H31N5O3. The minimum Gasteiger partial charge on any atom is -0.496 e. The van der Waals surface area contributed by atoms with Gasteiger partial charge < -0.3 is 15.0 Å². The molecule has 35 heavy (non-hydrogen) atoms. The van der Waals surface area contributed by atoms with Gasteiger partial charge in [-0.2, -0.15) is 5.10 Å². The van der Waals surface area contributed by atoms with Gasteiger partial charge in [0.15, 0.2) is 0 Å². The largest absolute Gasteiger partial charge is 0.496 e. The average molecular weight is 474 g/mol. The molecule has 5 rings (SSSR count). The summed E-state index contributed by atoms with van der Waals surface area (Å²) in [5.41, 5.74) is 3.08. The first-order valence-electron chi connectivity index (χ1n) is 12.2. The lowest BCUT2D eigenvalue weighted by molar-refractivity contribution is -0.122. The summed E-state index contributed by atoms with van der Waals surface area (Å²) in [6, 6.07) is 18.1. The predicted molar refractivity (Wildman–Crippen MR) is 133 cm³/mol. The molecule has 1 saturated heterocycles. The Labute approximate surface area is 205 Å². The monoisotopic (exact) mass is 473 g/mol. The molecule has 3 aromatic rings. The van der Waals surface area contributed by atoms with E-state index < -0.39 is 0 Å². The molecule has 1 saturated carbocycles. The van der Waals surface area contributed by atoms with Gasteiger partial charge in [-0.1, -0.05) is 42.5 Å². The molecule has 0 unspecified atom stereocenters. The van der Waals surface area contributed by atoms with E-state index in [9.17, 15) is 9.59 Å². The maximum absolute atomic E-state index is 13.7. The number of amides is 2. The van der Waals surface area contributed by atoms with Crippen LogP contribution in [0, 0.1) is 0 Å². The zero-order chi connectivity index (χ0) is 24.2. The van der Waals surface area contributed by atoms with Crippen molar-refractivity contribution in [3.05, 3.63) is 71.9 Å². The molecule has 1 aromatic heterocycles. The maximum Gasteiger partial charge on any atom is 0.257 e. The number of aromatic nitrogens is 2. The van der Waals surface area contributed by atoms with Gasteiger partial charge in [0.05, 0.1) is 25.8 Å². The smallest absolute Gasteiger partial charge is 0.257 e. The molecule has 2 amide bonds. The van der Waals surface area contributed by atoms with Crippen molar-refractivity contribution in [2.24, 2.45) is 0 Å². The van der Waals surface area contributed by atoms with E-state index >= 15 is 0 Å². The highest BCUT2D eigenvalue weighted by Gasteiger charge is 2.29. The Balaban J connectivity index is 1.34. The lowest BCUT2D eigenvalue weighted by Gasteiger charge is -2.34. The molecule has 1 N–H and O–H groups in total. The molecule has 0 spiro atoms. The summed E-state index contributed by atoms with van der Waals surface area (Å²) in [6.07, 6.45) is 4.01. The minimum atomic E-state index is -0.0488. The number of benzene rings is 2. The fourth-order valence-electron chi connectivity index (χ4n) is 4.45. The van der Waals surface area contributed by atoms with Gasteiger partial charge in [-0.25, -0.2) is 0 Å². The third-order valence-corrected chi connectivity index (χ3v) is 6.51. The minimum absolute atomic E-state index is 0.0488. The number of nitrogens with zero attached hydrogens (tertiary/aromatic N) is 4. The molecular weight excluding hydrogens is 442 g/mol. The van der Waals surface area contributed by atoms with Crippen LogP contribution in [0.5, 0.6) is 5.75 Å². The molecule has 1 aliphatic carbocycles. The number of carbonyl (C=O) groups excluding carboxylic acids is 2. The fourth-order valence-corrected chi connectivity index (χ4v) is 4.45. The summed E-state index contributed by atoms with van der Waals surface area (Å²) in [5, 5.41) is 7.85. The number of carbonyl (C=O) groups is 2. The molecule has 8 nitrogen and oxygen atoms in total. The van der Waals surface area contributed by atoms with Crippen molar-refractivity contribution in [2.75, 3.05) is 39.8 Å². The molecule has 8 heteroatoms. The first kappa shape index (κ1) is 23.1. The topological polar surface area (TPSA) is 79.7 Å². The van der Waals surface area contributed by atoms with Crippen molar-refractivity contribution in [1.29, 1.82) is 0 Å². The summed E-state index contributed by atoms with van der Waals surface area (Å²) in [4.78, 5) is 29.8. The number of ether oxygens (including phenoxy) is 1. The Bertz CT molecular complexity index is 1180. The van der Waals surface area contributed by atoms with Crippen LogP contribution >= 0.6 is 0 Å². The molecule has 2 fully saturated rings. The predicted octanol–water partition coefficient (Wildman–Crippen LogP) is 2.64. The van der Waals surface area contributed by atoms with Gasteiger partial charge in [0, 0.05) is 44.0 Å². The van der Waals surface area contributed by atoms with E-state index in [1.807, 2.05) is 70.4 Å². The molecule has 0 radical (unpaired) electrons. The van der Waals surface area contributed by atoms with Gasteiger partial charge in [-0.3, -0.25) is 19.2 Å². The summed E-state index contributed by atoms with van der Waals surface area (Å²) in [5.74, 6) is 0.707. The Hall–Kier alpha value is -3.65. The Kier molecular flexibility index (Phi) is 6.81. The summed E-state index contributed by atoms with van der Waals surface area (Å²) >= 11 is 0. The normalized spacial score (nSPS) is 16.2. The van der Waals surface area contributed by atoms with Gasteiger partial charge in [0.2, 0.25) is 5.91 Å². The second kappa shape index (κ2) is 10.3. The molecule has 2 aromatic carbocycles. The SMILES string of the molecule is COc1ccccc1-c1nn(Cc2ccccc2)cc1C(=O)N1CCN(CC(=O)NC2CC2)CC1. The van der Waals surface area contributed by atoms with Gasteiger partial charge >= 0.3 is 0 Å². The number of methoxy groups -OCH3 is 1. The maximum atomic E-state index is 13.7. The van der Waals surface area contributed by atoms with Gasteiger partial charge in [-0.15, -0.1) is 0 Å². The van der Waals surface area contributed by atoms with Crippen LogP contribution in [0.15, 0.2) is 60.8 Å². The third-order valence-electron chi connectivity index (χ3n) is 6.51. The second-order valence-corrected chi connectivity index (χ2v) is 9.18. The van der Waals surface area contributed by atoms with Gasteiger partial charge in [0.1, 0.15) is 11.4 Å². The Morgan fingerprint density at radius 2 is 1.71 bits per heavy atom. The molecule has 2 heterocycles. The highest BCUT2D eigenvalue weighted by molar-refractivity contribution is 6.00. The van der Waals surface area contributed by atoms with E-state index in [-0.39, 0.29) is 11.8 Å². The number of rotatable bonds is 8. The zero-order valence-corrected chi connectivity index (χ0v) is 20.0. The van der Waals surface area contributed by atoms with Crippen LogP contribution in [0.3, 0.4) is 0 Å². The highest BCUT2D eigenvalue weighted by atomic mass is 16.5. The first-order chi connectivity index (χ1) is 17.1. The molecule has 1 aliphatic heterocycles. The van der Waals surface area contributed by atoms with E-state index in [1.54, 1.807) is 7.11 Å². The van der Waals surface area contributed by atoms with Crippen LogP contribution in [0.1, 0.15) is 28.8 Å². The standard InChI is InChI=1S/C27H31N5O3/c1-35-24-10-6-5-9-22(24)26-23(18-32(29-26)17-20-7-3-2-4-8-20)27(34)31-15-13-30(14-16-31)19-25(33)28-21-11-12-21/h2-10,18,21H,11-17,19H2,1H3,(H,28,33). The van der Waals surface area contributed by atoms with Crippen LogP contribution < -0.4 is 10.1 Å². The van der Waals surface area contributed by atoms with E-state index in [0.29, 0.717) is 62.3 Å². The van der Waals surface area contributed by atoms with E-state index in [1.165, 1.54) is 0 Å². The Morgan fingerprint density at radius 3 is 2.43 bits per heavy atom. The van der Waals surface area contributed by atoms with Crippen molar-refractivity contribution in [2.45, 2.75) is 25.4 Å². The van der Waals surface area contributed by atoms with Crippen molar-refractivity contribution in [1.82, 2.24) is 24.9 Å². The summed E-state index contributed by atoms with van der Waals surface area (Å²) in [7, 11) is 1.62. The number of hydrogen-bond donors (Lipinski definition) is 1. The van der Waals surface area contributed by atoms with E-state index in [2.05, 4.69) is 10.2 Å². The van der Waals surface area contributed by atoms with Crippen molar-refractivity contribution in [3.8, 4) is 17.0 Å². The quantitative estimate of drug-likeness (QED) is 0.544. The number of hydrogen-bond acceptors (Lipinski definition) is 5. The third kappa shape index (κ3) is 5.54. The number of para-hydroxylation sites is 1. The van der Waals surface area contributed by atoms with Crippen LogP contribution in [0.2, 0.25) is 0 Å². The summed E-state index contributed by atoms with van der Waals surface area (Å²) in [6.45, 7) is 3.45. The van der Waals surface area contributed by atoms with Crippen LogP contribution in [0.25, 0.3) is 11.3 Å². The summed E-state index contributed by atoms with van der Waals surface area (Å²) < 4.78 is 7.39. The van der Waals surface area contributed by atoms with Gasteiger partial charge in [-0.05, 0) is 30.5 Å². The van der Waals surface area contributed by atoms with Crippen LogP contribution in [0.4, 0.5) is 0 Å². The fraction of sp³-hybridized carbons (Fsp3) is 0.370. The zero-order valence-electron chi connectivity index (χ0n) is 20.0. The van der Waals surface area contributed by atoms with Crippen molar-refractivity contribution < 1.29 is 14.3 Å². The lowest BCUT2D eigenvalue weighted by Crippen LogP contribution is -2.51. The average Bonchev–Trinajstić information content (AvgIpc) is 3.60. The molecule has 2 aliphatic rings. The first-order valence-corrected chi connectivity index (χ1v) is 12.2. The van der Waals surface area contributed by atoms with E-state index in [4.69, 9.17) is 9.84 Å². The van der Waals surface area contributed by atoms with Crippen LogP contribution in [-0.2, 0) is 11.3 Å². The van der Waals surface area contributed by atoms with E-state index in [0.717, 1.165) is 24.0 Å². The van der Waals surface area contributed by atoms with Gasteiger partial charge in [0.25, 0.3) is 5.91 Å². The number of piperazine rings is 1. The highest BCUT2D eigenvalue weighted by Crippen LogP contribution is 2.32. The lowest BCUT2D eigenvalue weighted by atomic mass is 10.1. The molecule has 0 bridgehead atoms. The number of nitrogens with one attached hydrogen (secondary N) is 1. The van der Waals surface area contributed by atoms with Crippen molar-refractivity contribution in [3.63, 3.8) is 0 Å². The van der Waals surface area contributed by atoms with Crippen molar-refractivity contribution >= 4 is 11.8 Å². The van der Waals surface area contributed by atoms with Crippen LogP contribution in [-0.4, -0.2) is 77.3 Å². The second-order valence-electron chi connectivity index (χ2n) is 9.18. The molecule has 182 valence electrons. The molecule has 0 atom stereocenters. The Morgan fingerprint density at radius 1 is 1.00 bits per heavy atom.